The summed E-state index contributed by atoms with van der Waals surface area (Å²) >= 11 is 0. The fourth-order valence-corrected chi connectivity index (χ4v) is 3.77. The number of likely N-dealkylation sites (tertiary alicyclic amines) is 1. The highest BCUT2D eigenvalue weighted by molar-refractivity contribution is 6.03. The molecule has 2 aromatic rings. The number of hydrogen-bond acceptors (Lipinski definition) is 7. The van der Waals surface area contributed by atoms with Crippen LogP contribution in [0, 0.1) is 0 Å². The number of fused-ring (bicyclic) bond motifs is 1. The quantitative estimate of drug-likeness (QED) is 0.679. The van der Waals surface area contributed by atoms with Crippen molar-refractivity contribution in [2.75, 3.05) is 19.7 Å². The molecular weight excluding hydrogens is 374 g/mol. The van der Waals surface area contributed by atoms with E-state index in [9.17, 15) is 9.59 Å². The molecule has 8 heteroatoms. The number of aryl methyl sites for hydroxylation is 1. The smallest absolute Gasteiger partial charge is 0.409 e. The van der Waals surface area contributed by atoms with E-state index in [0.29, 0.717) is 55.1 Å². The number of carbonyl (C=O) groups is 2. The molecule has 1 aliphatic heterocycles. The van der Waals surface area contributed by atoms with Gasteiger partial charge in [0.05, 0.1) is 23.3 Å². The first-order valence-corrected chi connectivity index (χ1v) is 10.5. The van der Waals surface area contributed by atoms with E-state index in [2.05, 4.69) is 17.1 Å². The zero-order valence-electron chi connectivity index (χ0n) is 17.0. The number of pyridine rings is 1. The standard InChI is InChI=1S/C21H27N3O5/c1-3-5-16-18-15(12-17(13-6-7-13)22-19(18)29-23-16)20(25)28-14-8-10-24(11-9-14)21(26)27-4-2/h12-14H,3-11H2,1-2H3. The van der Waals surface area contributed by atoms with Crippen LogP contribution in [-0.2, 0) is 15.9 Å². The van der Waals surface area contributed by atoms with Gasteiger partial charge in [-0.05, 0) is 32.3 Å². The number of esters is 1. The van der Waals surface area contributed by atoms with Crippen LogP contribution in [0.5, 0.6) is 0 Å². The number of rotatable bonds is 6. The number of hydrogen-bond donors (Lipinski definition) is 0. The molecule has 1 amide bonds. The van der Waals surface area contributed by atoms with Gasteiger partial charge in [0, 0.05) is 37.5 Å². The molecular formula is C21H27N3O5. The number of nitrogens with zero attached hydrogens (tertiary/aromatic N) is 3. The summed E-state index contributed by atoms with van der Waals surface area (Å²) in [5, 5.41) is 4.81. The van der Waals surface area contributed by atoms with Crippen LogP contribution in [0.4, 0.5) is 4.79 Å². The molecule has 0 spiro atoms. The summed E-state index contributed by atoms with van der Waals surface area (Å²) in [7, 11) is 0. The van der Waals surface area contributed by atoms with E-state index in [1.165, 1.54) is 0 Å². The summed E-state index contributed by atoms with van der Waals surface area (Å²) in [4.78, 5) is 31.2. The van der Waals surface area contributed by atoms with Crippen LogP contribution in [0.1, 0.15) is 73.6 Å². The summed E-state index contributed by atoms with van der Waals surface area (Å²) < 4.78 is 16.3. The lowest BCUT2D eigenvalue weighted by molar-refractivity contribution is 0.0109. The van der Waals surface area contributed by atoms with Gasteiger partial charge in [0.1, 0.15) is 6.10 Å². The molecule has 2 aliphatic rings. The van der Waals surface area contributed by atoms with Crippen molar-refractivity contribution in [3.8, 4) is 0 Å². The van der Waals surface area contributed by atoms with E-state index in [1.807, 2.05) is 6.07 Å². The van der Waals surface area contributed by atoms with Gasteiger partial charge >= 0.3 is 12.1 Å². The molecule has 0 bridgehead atoms. The summed E-state index contributed by atoms with van der Waals surface area (Å²) in [5.74, 6) is 0.0212. The highest BCUT2D eigenvalue weighted by Gasteiger charge is 2.31. The Hall–Kier alpha value is -2.64. The van der Waals surface area contributed by atoms with Crippen molar-refractivity contribution in [2.45, 2.75) is 64.4 Å². The molecule has 4 rings (SSSR count). The van der Waals surface area contributed by atoms with Crippen molar-refractivity contribution < 1.29 is 23.6 Å². The highest BCUT2D eigenvalue weighted by Crippen LogP contribution is 2.40. The van der Waals surface area contributed by atoms with Gasteiger partial charge in [-0.1, -0.05) is 18.5 Å². The third-order valence-corrected chi connectivity index (χ3v) is 5.48. The van der Waals surface area contributed by atoms with Gasteiger partial charge in [-0.3, -0.25) is 0 Å². The van der Waals surface area contributed by atoms with Crippen LogP contribution in [-0.4, -0.2) is 52.9 Å². The second kappa shape index (κ2) is 8.39. The van der Waals surface area contributed by atoms with Gasteiger partial charge in [-0.25, -0.2) is 14.6 Å². The predicted molar refractivity (Wildman–Crippen MR) is 105 cm³/mol. The summed E-state index contributed by atoms with van der Waals surface area (Å²) in [6.07, 6.45) is 4.43. The van der Waals surface area contributed by atoms with Gasteiger partial charge < -0.3 is 18.9 Å². The molecule has 29 heavy (non-hydrogen) atoms. The maximum atomic E-state index is 13.1. The summed E-state index contributed by atoms with van der Waals surface area (Å²) in [6, 6.07) is 1.85. The normalized spacial score (nSPS) is 17.5. The fraction of sp³-hybridized carbons (Fsp3) is 0.619. The zero-order chi connectivity index (χ0) is 20.4. The molecule has 0 atom stereocenters. The van der Waals surface area contributed by atoms with E-state index in [0.717, 1.165) is 37.1 Å². The Morgan fingerprint density at radius 2 is 1.97 bits per heavy atom. The molecule has 2 aromatic heterocycles. The number of ether oxygens (including phenoxy) is 2. The molecule has 156 valence electrons. The van der Waals surface area contributed by atoms with E-state index >= 15 is 0 Å². The Morgan fingerprint density at radius 3 is 2.62 bits per heavy atom. The molecule has 0 N–H and O–H groups in total. The molecule has 0 radical (unpaired) electrons. The van der Waals surface area contributed by atoms with Crippen LogP contribution in [0.15, 0.2) is 10.6 Å². The van der Waals surface area contributed by atoms with Crippen molar-refractivity contribution in [3.05, 3.63) is 23.0 Å². The van der Waals surface area contributed by atoms with Crippen LogP contribution < -0.4 is 0 Å². The van der Waals surface area contributed by atoms with Crippen molar-refractivity contribution in [1.82, 2.24) is 15.0 Å². The lowest BCUT2D eigenvalue weighted by Crippen LogP contribution is -2.41. The minimum absolute atomic E-state index is 0.227. The Balaban J connectivity index is 1.51. The number of aromatic nitrogens is 2. The van der Waals surface area contributed by atoms with Crippen molar-refractivity contribution in [3.63, 3.8) is 0 Å². The molecule has 0 unspecified atom stereocenters. The maximum Gasteiger partial charge on any atom is 0.409 e. The Labute approximate surface area is 169 Å². The van der Waals surface area contributed by atoms with Crippen molar-refractivity contribution in [2.24, 2.45) is 0 Å². The van der Waals surface area contributed by atoms with Crippen LogP contribution in [0.3, 0.4) is 0 Å². The van der Waals surface area contributed by atoms with E-state index in [1.54, 1.807) is 11.8 Å². The zero-order valence-corrected chi connectivity index (χ0v) is 17.0. The maximum absolute atomic E-state index is 13.1. The monoisotopic (exact) mass is 401 g/mol. The van der Waals surface area contributed by atoms with Crippen molar-refractivity contribution >= 4 is 23.2 Å². The number of amides is 1. The van der Waals surface area contributed by atoms with Gasteiger partial charge in [-0.15, -0.1) is 0 Å². The van der Waals surface area contributed by atoms with Crippen LogP contribution in [0.25, 0.3) is 11.1 Å². The Kier molecular flexibility index (Phi) is 5.69. The van der Waals surface area contributed by atoms with E-state index in [4.69, 9.17) is 14.0 Å². The SMILES string of the molecule is CCCc1noc2nc(C3CC3)cc(C(=O)OC3CCN(C(=O)OCC)CC3)c12. The minimum atomic E-state index is -0.366. The third kappa shape index (κ3) is 4.21. The lowest BCUT2D eigenvalue weighted by Gasteiger charge is -2.30. The molecule has 3 heterocycles. The van der Waals surface area contributed by atoms with Gasteiger partial charge in [-0.2, -0.15) is 0 Å². The van der Waals surface area contributed by atoms with Gasteiger partial charge in [0.2, 0.25) is 0 Å². The number of piperidine rings is 1. The molecule has 1 aliphatic carbocycles. The Morgan fingerprint density at radius 1 is 1.21 bits per heavy atom. The summed E-state index contributed by atoms with van der Waals surface area (Å²) in [5.41, 5.74) is 2.54. The molecule has 2 fully saturated rings. The van der Waals surface area contributed by atoms with Crippen LogP contribution >= 0.6 is 0 Å². The molecule has 1 saturated heterocycles. The summed E-state index contributed by atoms with van der Waals surface area (Å²) in [6.45, 7) is 5.24. The first-order valence-electron chi connectivity index (χ1n) is 10.5. The third-order valence-electron chi connectivity index (χ3n) is 5.48. The second-order valence-corrected chi connectivity index (χ2v) is 7.72. The topological polar surface area (TPSA) is 94.8 Å². The minimum Gasteiger partial charge on any atom is -0.459 e. The van der Waals surface area contributed by atoms with E-state index in [-0.39, 0.29) is 18.2 Å². The number of carbonyl (C=O) groups excluding carboxylic acids is 2. The molecule has 0 aromatic carbocycles. The Bertz CT molecular complexity index is 897. The highest BCUT2D eigenvalue weighted by atomic mass is 16.6. The average Bonchev–Trinajstić information content (AvgIpc) is 3.50. The predicted octanol–water partition coefficient (Wildman–Crippen LogP) is 3.83. The largest absolute Gasteiger partial charge is 0.459 e. The van der Waals surface area contributed by atoms with Gasteiger partial charge in [0.25, 0.3) is 5.71 Å². The lowest BCUT2D eigenvalue weighted by atomic mass is 10.0. The second-order valence-electron chi connectivity index (χ2n) is 7.72. The average molecular weight is 401 g/mol. The van der Waals surface area contributed by atoms with Gasteiger partial charge in [0.15, 0.2) is 0 Å². The first-order chi connectivity index (χ1) is 14.1. The fourth-order valence-electron chi connectivity index (χ4n) is 3.77. The van der Waals surface area contributed by atoms with Crippen LogP contribution in [0.2, 0.25) is 0 Å². The van der Waals surface area contributed by atoms with E-state index < -0.39 is 0 Å². The van der Waals surface area contributed by atoms with Crippen molar-refractivity contribution in [1.29, 1.82) is 0 Å². The molecule has 1 saturated carbocycles. The first kappa shape index (κ1) is 19.7. The molecule has 8 nitrogen and oxygen atoms in total.